The number of ether oxygens (including phenoxy) is 4. The standard InChI is InChI=1S/C66H78N4O9/c1-5-69-27-10-28-77-29-25-43-12-8-15-46(31-43)52-23-20-47-34-45(14-7-6-11-42-13-9-16-49(32-42)70-66(67)68-3)48(36-59(47)72)35-51-37-50(71)21-18-44-19-24-61(76-4)62(33-44)79-40-58-53-22-17-41(2)55-39-60(73)64(54(52)26-30-78-51)57(63(53)55)38-56(58)65(74)75/h8-9,12-13,15-17,19,22,24,31-34,36,38-39,41,45,48,51-52,54,65,69,72-75H,5-7,10-11,14,18,20-21,23,25,27-29,35,37,40H2,1-4H3,(H3,67,68,70)/t41-,45+,48-,51-,52-,54-/m0/s1. The topological polar surface area (TPSA) is 197 Å². The van der Waals surface area contributed by atoms with Gasteiger partial charge in [0.1, 0.15) is 36.1 Å². The number of hydrogen-bond acceptors (Lipinski definition) is 11. The smallest absolute Gasteiger partial charge is 0.192 e. The molecule has 13 heteroatoms. The minimum Gasteiger partial charge on any atom is -0.508 e. The molecule has 0 amide bonds. The predicted molar refractivity (Wildman–Crippen MR) is 313 cm³/mol. The lowest BCUT2D eigenvalue weighted by molar-refractivity contribution is -0.121. The van der Waals surface area contributed by atoms with E-state index in [9.17, 15) is 25.2 Å². The molecule has 6 atom stereocenters. The zero-order valence-corrected chi connectivity index (χ0v) is 46.2. The number of carbonyl (C=O) groups excluding carboxylic acids is 1. The molecule has 0 radical (unpaired) electrons. The van der Waals surface area contributed by atoms with E-state index in [0.717, 1.165) is 89.7 Å². The third-order valence-electron chi connectivity index (χ3n) is 16.3. The van der Waals surface area contributed by atoms with E-state index in [1.54, 1.807) is 20.2 Å². The Hall–Kier alpha value is -7.08. The van der Waals surface area contributed by atoms with Gasteiger partial charge in [-0.15, -0.1) is 0 Å². The van der Waals surface area contributed by atoms with E-state index in [4.69, 9.17) is 24.7 Å². The van der Waals surface area contributed by atoms with Gasteiger partial charge >= 0.3 is 0 Å². The van der Waals surface area contributed by atoms with Gasteiger partial charge in [-0.2, -0.15) is 0 Å². The Labute approximate surface area is 465 Å². The Morgan fingerprint density at radius 3 is 2.59 bits per heavy atom. The number of phenolic OH excluding ortho intramolecular Hbond substituents is 1. The summed E-state index contributed by atoms with van der Waals surface area (Å²) in [6, 6.07) is 26.0. The highest BCUT2D eigenvalue weighted by molar-refractivity contribution is 6.01. The van der Waals surface area contributed by atoms with Crippen molar-refractivity contribution in [2.75, 3.05) is 45.8 Å². The summed E-state index contributed by atoms with van der Waals surface area (Å²) in [4.78, 5) is 18.3. The number of aliphatic hydroxyl groups excluding tert-OH is 2. The largest absolute Gasteiger partial charge is 0.508 e. The molecule has 2 aliphatic carbocycles. The van der Waals surface area contributed by atoms with Crippen LogP contribution in [-0.4, -0.2) is 78.7 Å². The molecule has 4 heterocycles. The number of rotatable bonds is 17. The molecule has 11 rings (SSSR count). The normalized spacial score (nSPS) is 21.2. The minimum absolute atomic E-state index is 0.0126. The average molecular weight is 1070 g/mol. The number of allylic oxidation sites excluding steroid dienone is 4. The van der Waals surface area contributed by atoms with Gasteiger partial charge in [0.15, 0.2) is 23.7 Å². The number of unbranched alkanes of at least 4 members (excludes halogenated alkanes) is 1. The Kier molecular flexibility index (Phi) is 19.2. The predicted octanol–water partition coefficient (Wildman–Crippen LogP) is 11.5. The number of carbonyl (C=O) groups is 1. The molecule has 0 saturated heterocycles. The zero-order chi connectivity index (χ0) is 55.4. The number of nitrogens with two attached hydrogens (primary N) is 1. The van der Waals surface area contributed by atoms with Crippen molar-refractivity contribution in [3.05, 3.63) is 158 Å². The fraction of sp³-hybridized carbons (Fsp3) is 0.424. The molecule has 0 spiro atoms. The fourth-order valence-electron chi connectivity index (χ4n) is 12.1. The highest BCUT2D eigenvalue weighted by Gasteiger charge is 2.35. The summed E-state index contributed by atoms with van der Waals surface area (Å²) >= 11 is 0. The van der Waals surface area contributed by atoms with Crippen molar-refractivity contribution >= 4 is 34.3 Å². The molecule has 0 unspecified atom stereocenters. The van der Waals surface area contributed by atoms with E-state index in [-0.39, 0.29) is 66.0 Å². The number of benzene rings is 5. The summed E-state index contributed by atoms with van der Waals surface area (Å²) in [5.74, 6) is 3.87. The molecule has 10 bridgehead atoms. The van der Waals surface area contributed by atoms with Crippen molar-refractivity contribution < 1.29 is 44.2 Å². The summed E-state index contributed by atoms with van der Waals surface area (Å²) in [6.07, 6.45) is 16.4. The van der Waals surface area contributed by atoms with Crippen molar-refractivity contribution in [3.63, 3.8) is 0 Å². The number of aromatic hydroxyl groups is 1. The number of aliphatic hydroxyl groups is 3. The van der Waals surface area contributed by atoms with E-state index in [0.29, 0.717) is 79.3 Å². The minimum atomic E-state index is -1.90. The lowest BCUT2D eigenvalue weighted by Crippen LogP contribution is -2.25. The van der Waals surface area contributed by atoms with Crippen molar-refractivity contribution in [3.8, 4) is 29.3 Å². The second-order valence-corrected chi connectivity index (χ2v) is 21.6. The van der Waals surface area contributed by atoms with Gasteiger partial charge in [0.2, 0.25) is 0 Å². The maximum atomic E-state index is 14.3. The van der Waals surface area contributed by atoms with Gasteiger partial charge in [0.05, 0.1) is 19.6 Å². The zero-order valence-electron chi connectivity index (χ0n) is 46.2. The van der Waals surface area contributed by atoms with Gasteiger partial charge in [0, 0.05) is 60.7 Å². The number of guanidine groups is 1. The number of nitrogens with one attached hydrogen (secondary N) is 2. The maximum Gasteiger partial charge on any atom is 0.192 e. The number of aliphatic imine (C=N–C) groups is 1. The Morgan fingerprint density at radius 2 is 1.78 bits per heavy atom. The van der Waals surface area contributed by atoms with Gasteiger partial charge in [-0.25, -0.2) is 0 Å². The molecule has 4 aliphatic heterocycles. The van der Waals surface area contributed by atoms with Gasteiger partial charge in [0.25, 0.3) is 0 Å². The second kappa shape index (κ2) is 26.7. The monoisotopic (exact) mass is 1070 g/mol. The Morgan fingerprint density at radius 1 is 0.949 bits per heavy atom. The summed E-state index contributed by atoms with van der Waals surface area (Å²) in [5.41, 5.74) is 14.8. The number of Topliss-reactive ketones (excluding diaryl/α,β-unsaturated/α-hetero) is 1. The molecule has 0 fully saturated rings. The third-order valence-corrected chi connectivity index (χ3v) is 16.3. The van der Waals surface area contributed by atoms with Crippen LogP contribution in [0.15, 0.2) is 113 Å². The quantitative estimate of drug-likeness (QED) is 0.0153. The van der Waals surface area contributed by atoms with Crippen LogP contribution in [0.3, 0.4) is 0 Å². The summed E-state index contributed by atoms with van der Waals surface area (Å²) in [7, 11) is 3.23. The second-order valence-electron chi connectivity index (χ2n) is 21.6. The van der Waals surface area contributed by atoms with Crippen LogP contribution in [0.1, 0.15) is 146 Å². The highest BCUT2D eigenvalue weighted by Crippen LogP contribution is 2.50. The van der Waals surface area contributed by atoms with E-state index in [1.165, 1.54) is 5.56 Å². The first-order valence-corrected chi connectivity index (χ1v) is 28.4. The van der Waals surface area contributed by atoms with Gasteiger partial charge in [-0.1, -0.05) is 86.9 Å². The number of fused-ring (bicyclic) bond motifs is 8. The van der Waals surface area contributed by atoms with Crippen LogP contribution < -0.4 is 25.8 Å². The van der Waals surface area contributed by atoms with Crippen LogP contribution >= 0.6 is 0 Å². The number of methoxy groups -OCH3 is 1. The summed E-state index contributed by atoms with van der Waals surface area (Å²) in [6.45, 7) is 7.18. The third kappa shape index (κ3) is 13.9. The molecular weight excluding hydrogens is 993 g/mol. The van der Waals surface area contributed by atoms with Crippen molar-refractivity contribution in [2.45, 2.75) is 128 Å². The van der Waals surface area contributed by atoms with Crippen molar-refractivity contribution in [1.29, 1.82) is 0 Å². The van der Waals surface area contributed by atoms with Gasteiger partial charge in [-0.05, 0) is 175 Å². The first-order valence-electron chi connectivity index (χ1n) is 28.4. The van der Waals surface area contributed by atoms with Crippen LogP contribution in [0.4, 0.5) is 5.69 Å². The highest BCUT2D eigenvalue weighted by atomic mass is 16.5. The molecule has 0 aromatic heterocycles. The van der Waals surface area contributed by atoms with E-state index in [2.05, 4.69) is 90.1 Å². The van der Waals surface area contributed by atoms with Gasteiger partial charge in [-0.3, -0.25) is 9.79 Å². The van der Waals surface area contributed by atoms with E-state index >= 15 is 0 Å². The average Bonchev–Trinajstić information content (AvgIpc) is 3.64. The molecular formula is C66H78N4O9. The SMILES string of the molecule is CCNCCCOCCc1cccc([C@@H]2CCC3=C[C@@H](CCCCc4cccc(NC(N)=NC)c4)[C@H](C=C3O)C[C@H]3CC(=O)CCc4ccc(OC)c(c4)OCc4c(C(O)O)cc5c(c(O)cc6c5c4C=C[C@@H]6C)[C@H]2C#CO3)c1. The maximum absolute atomic E-state index is 14.3. The Bertz CT molecular complexity index is 3170. The molecule has 5 aromatic carbocycles. The van der Waals surface area contributed by atoms with E-state index in [1.807, 2.05) is 48.6 Å². The first-order chi connectivity index (χ1) is 38.4. The number of aryl methyl sites for hydroxylation is 2. The van der Waals surface area contributed by atoms with Crippen LogP contribution in [0.25, 0.3) is 16.8 Å². The molecule has 6 aliphatic rings. The van der Waals surface area contributed by atoms with E-state index < -0.39 is 18.3 Å². The molecule has 416 valence electrons. The molecule has 13 nitrogen and oxygen atoms in total. The van der Waals surface area contributed by atoms with Crippen molar-refractivity contribution in [2.24, 2.45) is 22.6 Å². The van der Waals surface area contributed by atoms with Crippen LogP contribution in [0.5, 0.6) is 17.2 Å². The lowest BCUT2D eigenvalue weighted by Gasteiger charge is -2.31. The molecule has 0 saturated carbocycles. The number of hydrogen-bond donors (Lipinski definition) is 7. The lowest BCUT2D eigenvalue weighted by atomic mass is 9.73. The summed E-state index contributed by atoms with van der Waals surface area (Å²) < 4.78 is 25.2. The van der Waals surface area contributed by atoms with Crippen molar-refractivity contribution in [1.82, 2.24) is 5.32 Å². The Balaban J connectivity index is 1.16. The molecule has 79 heavy (non-hydrogen) atoms. The number of nitrogens with zero attached hydrogens (tertiary/aromatic N) is 1. The fourth-order valence-corrected chi connectivity index (χ4v) is 12.1. The van der Waals surface area contributed by atoms with Crippen LogP contribution in [-0.2, 0) is 40.1 Å². The number of anilines is 1. The number of ketones is 1. The number of phenols is 1. The van der Waals surface area contributed by atoms with Gasteiger partial charge < -0.3 is 55.7 Å². The first kappa shape index (κ1) is 56.6. The molecule has 8 N–H and O–H groups in total. The summed E-state index contributed by atoms with van der Waals surface area (Å²) in [5, 5.41) is 55.5. The molecule has 5 aromatic rings. The van der Waals surface area contributed by atoms with Crippen LogP contribution in [0.2, 0.25) is 0 Å². The van der Waals surface area contributed by atoms with Crippen LogP contribution in [0, 0.1) is 23.9 Å².